The third-order valence-corrected chi connectivity index (χ3v) is 5.11. The van der Waals surface area contributed by atoms with E-state index in [1.807, 2.05) is 36.9 Å². The van der Waals surface area contributed by atoms with Crippen molar-refractivity contribution in [2.24, 2.45) is 13.0 Å². The van der Waals surface area contributed by atoms with Crippen molar-refractivity contribution in [2.45, 2.75) is 39.5 Å². The van der Waals surface area contributed by atoms with Crippen LogP contribution in [0.25, 0.3) is 0 Å². The molecule has 3 rings (SSSR count). The number of aromatic nitrogens is 2. The lowest BCUT2D eigenvalue weighted by Crippen LogP contribution is -2.30. The summed E-state index contributed by atoms with van der Waals surface area (Å²) in [5, 5.41) is 7.52. The predicted octanol–water partition coefficient (Wildman–Crippen LogP) is 2.73. The van der Waals surface area contributed by atoms with Crippen molar-refractivity contribution in [3.05, 3.63) is 46.8 Å². The molecule has 1 N–H and O–H groups in total. The van der Waals surface area contributed by atoms with Crippen molar-refractivity contribution >= 4 is 5.91 Å². The van der Waals surface area contributed by atoms with Crippen LogP contribution in [0.15, 0.2) is 24.3 Å². The molecular weight excluding hydrogens is 314 g/mol. The van der Waals surface area contributed by atoms with Gasteiger partial charge in [0.2, 0.25) is 5.91 Å². The average Bonchev–Trinajstić information content (AvgIpc) is 2.77. The van der Waals surface area contributed by atoms with E-state index in [0.29, 0.717) is 25.5 Å². The Bertz CT molecular complexity index is 751. The van der Waals surface area contributed by atoms with Gasteiger partial charge < -0.3 is 10.1 Å². The Hall–Kier alpha value is -2.30. The van der Waals surface area contributed by atoms with Gasteiger partial charge in [0.25, 0.3) is 0 Å². The van der Waals surface area contributed by atoms with Gasteiger partial charge in [-0.2, -0.15) is 5.10 Å². The second-order valence-corrected chi connectivity index (χ2v) is 6.89. The van der Waals surface area contributed by atoms with Crippen LogP contribution in [0.3, 0.4) is 0 Å². The standard InChI is InChI=1S/C20H27N3O2/c1-14-18(15(2)23(3)22-14)8-9-20(24)21-13-16-10-11-25-19-7-5-4-6-17(19)12-16/h4-7,16H,8-13H2,1-3H3,(H,21,24)/t16-/m0/s1. The fraction of sp³-hybridized carbons (Fsp3) is 0.500. The first-order valence-electron chi connectivity index (χ1n) is 9.01. The zero-order chi connectivity index (χ0) is 17.8. The molecule has 25 heavy (non-hydrogen) atoms. The topological polar surface area (TPSA) is 56.2 Å². The monoisotopic (exact) mass is 341 g/mol. The highest BCUT2D eigenvalue weighted by Crippen LogP contribution is 2.26. The highest BCUT2D eigenvalue weighted by molar-refractivity contribution is 5.76. The van der Waals surface area contributed by atoms with E-state index < -0.39 is 0 Å². The van der Waals surface area contributed by atoms with Gasteiger partial charge in [0.1, 0.15) is 5.75 Å². The summed E-state index contributed by atoms with van der Waals surface area (Å²) in [4.78, 5) is 12.3. The minimum atomic E-state index is 0.112. The van der Waals surface area contributed by atoms with Crippen molar-refractivity contribution in [3.63, 3.8) is 0 Å². The molecule has 5 nitrogen and oxygen atoms in total. The molecule has 1 aromatic carbocycles. The number of rotatable bonds is 5. The molecule has 1 amide bonds. The molecule has 0 saturated heterocycles. The molecule has 0 radical (unpaired) electrons. The van der Waals surface area contributed by atoms with Crippen molar-refractivity contribution in [1.82, 2.24) is 15.1 Å². The number of nitrogens with zero attached hydrogens (tertiary/aromatic N) is 2. The molecule has 1 aromatic heterocycles. The number of benzene rings is 1. The first-order valence-corrected chi connectivity index (χ1v) is 9.01. The maximum absolute atomic E-state index is 12.3. The molecule has 1 atom stereocenters. The summed E-state index contributed by atoms with van der Waals surface area (Å²) in [6.45, 7) is 5.48. The molecule has 0 unspecified atom stereocenters. The number of carbonyl (C=O) groups is 1. The Labute approximate surface area is 149 Å². The zero-order valence-corrected chi connectivity index (χ0v) is 15.3. The van der Waals surface area contributed by atoms with E-state index in [-0.39, 0.29) is 5.91 Å². The Morgan fingerprint density at radius 3 is 2.92 bits per heavy atom. The van der Waals surface area contributed by atoms with Gasteiger partial charge in [-0.25, -0.2) is 0 Å². The van der Waals surface area contributed by atoms with Gasteiger partial charge in [-0.15, -0.1) is 0 Å². The van der Waals surface area contributed by atoms with E-state index >= 15 is 0 Å². The van der Waals surface area contributed by atoms with Crippen LogP contribution >= 0.6 is 0 Å². The van der Waals surface area contributed by atoms with Crippen molar-refractivity contribution in [1.29, 1.82) is 0 Å². The molecule has 2 heterocycles. The number of amides is 1. The van der Waals surface area contributed by atoms with Crippen LogP contribution in [0.1, 0.15) is 35.4 Å². The minimum Gasteiger partial charge on any atom is -0.493 e. The van der Waals surface area contributed by atoms with Gasteiger partial charge in [-0.1, -0.05) is 18.2 Å². The third kappa shape index (κ3) is 4.21. The highest BCUT2D eigenvalue weighted by atomic mass is 16.5. The molecule has 0 spiro atoms. The quantitative estimate of drug-likeness (QED) is 0.910. The third-order valence-electron chi connectivity index (χ3n) is 5.11. The first-order chi connectivity index (χ1) is 12.0. The SMILES string of the molecule is Cc1nn(C)c(C)c1CCC(=O)NC[C@H]1CCOc2ccccc2C1. The summed E-state index contributed by atoms with van der Waals surface area (Å²) in [5.41, 5.74) is 4.59. The summed E-state index contributed by atoms with van der Waals surface area (Å²) in [7, 11) is 1.94. The number of aryl methyl sites for hydroxylation is 2. The van der Waals surface area contributed by atoms with E-state index in [4.69, 9.17) is 4.74 Å². The molecule has 1 aliphatic rings. The molecule has 0 bridgehead atoms. The summed E-state index contributed by atoms with van der Waals surface area (Å²) in [5.74, 6) is 1.52. The van der Waals surface area contributed by atoms with Crippen LogP contribution < -0.4 is 10.1 Å². The molecule has 134 valence electrons. The normalized spacial score (nSPS) is 16.7. The van der Waals surface area contributed by atoms with Crippen LogP contribution in [0.2, 0.25) is 0 Å². The van der Waals surface area contributed by atoms with Gasteiger partial charge in [0.05, 0.1) is 12.3 Å². The smallest absolute Gasteiger partial charge is 0.220 e. The summed E-state index contributed by atoms with van der Waals surface area (Å²) in [6, 6.07) is 8.18. The number of hydrogen-bond acceptors (Lipinski definition) is 3. The second kappa shape index (κ2) is 7.72. The zero-order valence-electron chi connectivity index (χ0n) is 15.3. The number of para-hydroxylation sites is 1. The van der Waals surface area contributed by atoms with E-state index in [1.54, 1.807) is 0 Å². The summed E-state index contributed by atoms with van der Waals surface area (Å²) < 4.78 is 7.68. The number of nitrogens with one attached hydrogen (secondary N) is 1. The number of ether oxygens (including phenoxy) is 1. The minimum absolute atomic E-state index is 0.112. The van der Waals surface area contributed by atoms with Crippen LogP contribution in [0.5, 0.6) is 5.75 Å². The lowest BCUT2D eigenvalue weighted by molar-refractivity contribution is -0.121. The molecule has 1 aliphatic heterocycles. The lowest BCUT2D eigenvalue weighted by atomic mass is 9.97. The average molecular weight is 341 g/mol. The van der Waals surface area contributed by atoms with E-state index in [2.05, 4.69) is 23.4 Å². The van der Waals surface area contributed by atoms with Crippen LogP contribution in [0.4, 0.5) is 0 Å². The van der Waals surface area contributed by atoms with Crippen molar-refractivity contribution in [2.75, 3.05) is 13.2 Å². The summed E-state index contributed by atoms with van der Waals surface area (Å²) >= 11 is 0. The van der Waals surface area contributed by atoms with Crippen LogP contribution in [-0.4, -0.2) is 28.8 Å². The number of fused-ring (bicyclic) bond motifs is 1. The Balaban J connectivity index is 1.49. The largest absolute Gasteiger partial charge is 0.493 e. The Morgan fingerprint density at radius 2 is 2.16 bits per heavy atom. The van der Waals surface area contributed by atoms with Crippen LogP contribution in [0, 0.1) is 19.8 Å². The Morgan fingerprint density at radius 1 is 1.36 bits per heavy atom. The molecule has 0 saturated carbocycles. The van der Waals surface area contributed by atoms with E-state index in [0.717, 1.165) is 36.4 Å². The molecule has 0 aliphatic carbocycles. The van der Waals surface area contributed by atoms with Crippen LogP contribution in [-0.2, 0) is 24.7 Å². The predicted molar refractivity (Wildman–Crippen MR) is 97.8 cm³/mol. The fourth-order valence-corrected chi connectivity index (χ4v) is 3.50. The lowest BCUT2D eigenvalue weighted by Gasteiger charge is -2.14. The maximum Gasteiger partial charge on any atom is 0.220 e. The first kappa shape index (κ1) is 17.5. The van der Waals surface area contributed by atoms with Crippen molar-refractivity contribution < 1.29 is 9.53 Å². The maximum atomic E-state index is 12.3. The highest BCUT2D eigenvalue weighted by Gasteiger charge is 2.18. The number of hydrogen-bond donors (Lipinski definition) is 1. The van der Waals surface area contributed by atoms with E-state index in [9.17, 15) is 4.79 Å². The van der Waals surface area contributed by atoms with Gasteiger partial charge in [-0.3, -0.25) is 9.48 Å². The second-order valence-electron chi connectivity index (χ2n) is 6.89. The van der Waals surface area contributed by atoms with Gasteiger partial charge in [0, 0.05) is 25.7 Å². The summed E-state index contributed by atoms with van der Waals surface area (Å²) in [6.07, 6.45) is 3.17. The molecular formula is C20H27N3O2. The van der Waals surface area contributed by atoms with Crippen molar-refractivity contribution in [3.8, 4) is 5.75 Å². The Kier molecular flexibility index (Phi) is 5.41. The van der Waals surface area contributed by atoms with Gasteiger partial charge >= 0.3 is 0 Å². The van der Waals surface area contributed by atoms with Gasteiger partial charge in [0.15, 0.2) is 0 Å². The number of carbonyl (C=O) groups excluding carboxylic acids is 1. The molecule has 0 fully saturated rings. The molecule has 5 heteroatoms. The molecule has 2 aromatic rings. The van der Waals surface area contributed by atoms with E-state index in [1.165, 1.54) is 11.1 Å². The van der Waals surface area contributed by atoms with Gasteiger partial charge in [-0.05, 0) is 56.2 Å². The fourth-order valence-electron chi connectivity index (χ4n) is 3.50.